The van der Waals surface area contributed by atoms with E-state index in [0.717, 1.165) is 36.3 Å². The van der Waals surface area contributed by atoms with Crippen molar-refractivity contribution < 1.29 is 14.3 Å². The number of rotatable bonds is 6. The maximum Gasteiger partial charge on any atom is 0.237 e. The summed E-state index contributed by atoms with van der Waals surface area (Å²) < 4.78 is 10.5. The van der Waals surface area contributed by atoms with Gasteiger partial charge in [-0.2, -0.15) is 0 Å². The van der Waals surface area contributed by atoms with Crippen molar-refractivity contribution in [2.45, 2.75) is 32.0 Å². The second kappa shape index (κ2) is 7.26. The number of piperidine rings is 1. The van der Waals surface area contributed by atoms with Crippen molar-refractivity contribution >= 4 is 5.91 Å². The number of methoxy groups -OCH3 is 2. The van der Waals surface area contributed by atoms with Crippen LogP contribution >= 0.6 is 0 Å². The molecule has 1 aliphatic heterocycles. The molecule has 0 bridgehead atoms. The van der Waals surface area contributed by atoms with E-state index in [4.69, 9.17) is 9.47 Å². The highest BCUT2D eigenvalue weighted by atomic mass is 16.5. The molecule has 0 spiro atoms. The summed E-state index contributed by atoms with van der Waals surface area (Å²) in [6.07, 6.45) is 1.90. The van der Waals surface area contributed by atoms with E-state index in [0.29, 0.717) is 13.2 Å². The van der Waals surface area contributed by atoms with Crippen LogP contribution in [-0.4, -0.2) is 32.7 Å². The molecule has 1 atom stereocenters. The lowest BCUT2D eigenvalue weighted by atomic mass is 10.1. The van der Waals surface area contributed by atoms with Gasteiger partial charge in [0.1, 0.15) is 5.75 Å². The van der Waals surface area contributed by atoms with Crippen LogP contribution < -0.4 is 15.4 Å². The first-order valence-corrected chi connectivity index (χ1v) is 6.90. The van der Waals surface area contributed by atoms with Crippen LogP contribution in [-0.2, 0) is 22.7 Å². The molecule has 1 aromatic rings. The molecule has 0 saturated carbocycles. The Morgan fingerprint density at radius 2 is 2.25 bits per heavy atom. The number of ether oxygens (including phenoxy) is 2. The van der Waals surface area contributed by atoms with Gasteiger partial charge in [-0.3, -0.25) is 4.79 Å². The minimum Gasteiger partial charge on any atom is -0.496 e. The van der Waals surface area contributed by atoms with Crippen LogP contribution in [0.4, 0.5) is 0 Å². The van der Waals surface area contributed by atoms with Crippen molar-refractivity contribution in [3.05, 3.63) is 29.3 Å². The maximum atomic E-state index is 11.7. The second-order valence-corrected chi connectivity index (χ2v) is 4.95. The Hall–Kier alpha value is -1.59. The highest BCUT2D eigenvalue weighted by molar-refractivity contribution is 5.82. The predicted octanol–water partition coefficient (Wildman–Crippen LogP) is 1.21. The van der Waals surface area contributed by atoms with E-state index in [-0.39, 0.29) is 11.9 Å². The van der Waals surface area contributed by atoms with Gasteiger partial charge in [-0.1, -0.05) is 6.07 Å². The molecule has 0 aliphatic carbocycles. The summed E-state index contributed by atoms with van der Waals surface area (Å²) in [4.78, 5) is 11.7. The molecule has 1 amide bonds. The lowest BCUT2D eigenvalue weighted by Gasteiger charge is -2.23. The van der Waals surface area contributed by atoms with Gasteiger partial charge in [-0.15, -0.1) is 0 Å². The third-order valence-electron chi connectivity index (χ3n) is 3.48. The molecule has 0 unspecified atom stereocenters. The lowest BCUT2D eigenvalue weighted by Crippen LogP contribution is -2.47. The van der Waals surface area contributed by atoms with Crippen molar-refractivity contribution in [3.8, 4) is 5.75 Å². The van der Waals surface area contributed by atoms with Crippen LogP contribution in [0.5, 0.6) is 5.75 Å². The first-order chi connectivity index (χ1) is 9.74. The van der Waals surface area contributed by atoms with E-state index in [1.165, 1.54) is 0 Å². The van der Waals surface area contributed by atoms with Crippen LogP contribution in [0.3, 0.4) is 0 Å². The van der Waals surface area contributed by atoms with Crippen LogP contribution in [0.25, 0.3) is 0 Å². The minimum atomic E-state index is -0.112. The first kappa shape index (κ1) is 14.8. The van der Waals surface area contributed by atoms with Crippen molar-refractivity contribution in [3.63, 3.8) is 0 Å². The van der Waals surface area contributed by atoms with Crippen molar-refractivity contribution in [1.82, 2.24) is 10.6 Å². The van der Waals surface area contributed by atoms with Crippen molar-refractivity contribution in [1.29, 1.82) is 0 Å². The molecule has 0 radical (unpaired) electrons. The fourth-order valence-corrected chi connectivity index (χ4v) is 2.43. The molecular formula is C15H22N2O3. The van der Waals surface area contributed by atoms with E-state index >= 15 is 0 Å². The van der Waals surface area contributed by atoms with Gasteiger partial charge in [-0.05, 0) is 30.5 Å². The Morgan fingerprint density at radius 1 is 1.40 bits per heavy atom. The van der Waals surface area contributed by atoms with E-state index in [2.05, 4.69) is 16.7 Å². The van der Waals surface area contributed by atoms with Gasteiger partial charge in [0.15, 0.2) is 0 Å². The third-order valence-corrected chi connectivity index (χ3v) is 3.48. The molecule has 2 rings (SSSR count). The Labute approximate surface area is 119 Å². The van der Waals surface area contributed by atoms with Crippen molar-refractivity contribution in [2.24, 2.45) is 0 Å². The van der Waals surface area contributed by atoms with E-state index in [1.807, 2.05) is 12.1 Å². The summed E-state index contributed by atoms with van der Waals surface area (Å²) in [6.45, 7) is 1.96. The Balaban J connectivity index is 2.02. The molecule has 0 aromatic heterocycles. The summed E-state index contributed by atoms with van der Waals surface area (Å²) in [6, 6.07) is 5.86. The van der Waals surface area contributed by atoms with Gasteiger partial charge in [0.25, 0.3) is 0 Å². The quantitative estimate of drug-likeness (QED) is 0.821. The number of benzene rings is 1. The highest BCUT2D eigenvalue weighted by Crippen LogP contribution is 2.20. The fourth-order valence-electron chi connectivity index (χ4n) is 2.43. The zero-order valence-corrected chi connectivity index (χ0v) is 12.1. The molecule has 1 aromatic carbocycles. The van der Waals surface area contributed by atoms with Gasteiger partial charge in [0, 0.05) is 25.8 Å². The number of nitrogens with one attached hydrogen (secondary N) is 2. The largest absolute Gasteiger partial charge is 0.496 e. The average molecular weight is 278 g/mol. The zero-order chi connectivity index (χ0) is 14.4. The summed E-state index contributed by atoms with van der Waals surface area (Å²) in [7, 11) is 3.33. The topological polar surface area (TPSA) is 59.6 Å². The third kappa shape index (κ3) is 3.71. The number of carbonyl (C=O) groups excluding carboxylic acids is 1. The maximum absolute atomic E-state index is 11.7. The van der Waals surface area contributed by atoms with Gasteiger partial charge in [0.2, 0.25) is 5.91 Å². The van der Waals surface area contributed by atoms with Crippen LogP contribution in [0.2, 0.25) is 0 Å². The van der Waals surface area contributed by atoms with E-state index in [1.54, 1.807) is 14.2 Å². The smallest absolute Gasteiger partial charge is 0.237 e. The Morgan fingerprint density at radius 3 is 2.95 bits per heavy atom. The molecule has 5 heteroatoms. The first-order valence-electron chi connectivity index (χ1n) is 6.90. The normalized spacial score (nSPS) is 18.7. The summed E-state index contributed by atoms with van der Waals surface area (Å²) in [5.74, 6) is 0.914. The number of amides is 1. The number of hydrogen-bond donors (Lipinski definition) is 2. The SMILES string of the molecule is COCc1ccc(OC)c(CN[C@@H]2CCCNC2=O)c1. The molecule has 1 heterocycles. The second-order valence-electron chi connectivity index (χ2n) is 4.95. The minimum absolute atomic E-state index is 0.0864. The van der Waals surface area contributed by atoms with E-state index < -0.39 is 0 Å². The lowest BCUT2D eigenvalue weighted by molar-refractivity contribution is -0.124. The molecule has 20 heavy (non-hydrogen) atoms. The van der Waals surface area contributed by atoms with Gasteiger partial charge in [0.05, 0.1) is 19.8 Å². The zero-order valence-electron chi connectivity index (χ0n) is 12.1. The highest BCUT2D eigenvalue weighted by Gasteiger charge is 2.21. The molecular weight excluding hydrogens is 256 g/mol. The monoisotopic (exact) mass is 278 g/mol. The van der Waals surface area contributed by atoms with Crippen LogP contribution in [0.15, 0.2) is 18.2 Å². The molecule has 110 valence electrons. The summed E-state index contributed by atoms with van der Waals surface area (Å²) in [5.41, 5.74) is 2.14. The fraction of sp³-hybridized carbons (Fsp3) is 0.533. The Bertz CT molecular complexity index is 462. The number of carbonyl (C=O) groups is 1. The van der Waals surface area contributed by atoms with Gasteiger partial charge < -0.3 is 20.1 Å². The molecule has 5 nitrogen and oxygen atoms in total. The molecule has 1 fully saturated rings. The van der Waals surface area contributed by atoms with Gasteiger partial charge >= 0.3 is 0 Å². The molecule has 2 N–H and O–H groups in total. The average Bonchev–Trinajstić information content (AvgIpc) is 2.47. The molecule has 1 saturated heterocycles. The van der Waals surface area contributed by atoms with Crippen molar-refractivity contribution in [2.75, 3.05) is 20.8 Å². The van der Waals surface area contributed by atoms with Gasteiger partial charge in [-0.25, -0.2) is 0 Å². The summed E-state index contributed by atoms with van der Waals surface area (Å²) in [5, 5.41) is 6.17. The summed E-state index contributed by atoms with van der Waals surface area (Å²) >= 11 is 0. The van der Waals surface area contributed by atoms with Crippen LogP contribution in [0, 0.1) is 0 Å². The van der Waals surface area contributed by atoms with Crippen LogP contribution in [0.1, 0.15) is 24.0 Å². The van der Waals surface area contributed by atoms with E-state index in [9.17, 15) is 4.79 Å². The molecule has 1 aliphatic rings. The number of hydrogen-bond acceptors (Lipinski definition) is 4. The standard InChI is InChI=1S/C15H22N2O3/c1-19-10-11-5-6-14(20-2)12(8-11)9-17-13-4-3-7-16-15(13)18/h5-6,8,13,17H,3-4,7,9-10H2,1-2H3,(H,16,18)/t13-/m1/s1. The Kier molecular flexibility index (Phi) is 5.38. The predicted molar refractivity (Wildman–Crippen MR) is 76.6 cm³/mol.